The van der Waals surface area contributed by atoms with Crippen molar-refractivity contribution in [2.24, 2.45) is 0 Å². The molecular formula is C13H11NO6. The van der Waals surface area contributed by atoms with Gasteiger partial charge in [0.05, 0.1) is 11.0 Å². The topological polar surface area (TPSA) is 103 Å². The maximum Gasteiger partial charge on any atom is 0.371 e. The van der Waals surface area contributed by atoms with Gasteiger partial charge in [0.25, 0.3) is 11.6 Å². The number of nitro benzene ring substituents is 1. The highest BCUT2D eigenvalue weighted by molar-refractivity contribution is 5.84. The number of furan rings is 1. The molecule has 0 unspecified atom stereocenters. The fourth-order valence-corrected chi connectivity index (χ4v) is 1.73. The molecule has 0 saturated carbocycles. The number of nitrogens with zero attached hydrogens (tertiary/aromatic N) is 1. The molecule has 7 nitrogen and oxygen atoms in total. The van der Waals surface area contributed by atoms with Crippen molar-refractivity contribution in [1.29, 1.82) is 0 Å². The molecule has 0 amide bonds. The van der Waals surface area contributed by atoms with Crippen molar-refractivity contribution in [3.8, 4) is 11.7 Å². The van der Waals surface area contributed by atoms with Crippen LogP contribution in [-0.4, -0.2) is 16.0 Å². The van der Waals surface area contributed by atoms with Crippen LogP contribution in [0.1, 0.15) is 21.7 Å². The van der Waals surface area contributed by atoms with Gasteiger partial charge in [-0.3, -0.25) is 10.1 Å². The van der Waals surface area contributed by atoms with Crippen LogP contribution in [0.3, 0.4) is 0 Å². The van der Waals surface area contributed by atoms with E-state index in [4.69, 9.17) is 14.3 Å². The number of aryl methyl sites for hydroxylation is 2. The lowest BCUT2D eigenvalue weighted by Gasteiger charge is -2.07. The monoisotopic (exact) mass is 277 g/mol. The molecule has 2 rings (SSSR count). The highest BCUT2D eigenvalue weighted by atomic mass is 16.6. The number of aromatic carboxylic acids is 1. The van der Waals surface area contributed by atoms with Gasteiger partial charge in [-0.05, 0) is 31.5 Å². The zero-order valence-corrected chi connectivity index (χ0v) is 10.7. The quantitative estimate of drug-likeness (QED) is 0.679. The maximum absolute atomic E-state index is 10.9. The molecule has 1 aromatic heterocycles. The van der Waals surface area contributed by atoms with Crippen LogP contribution < -0.4 is 4.74 Å². The zero-order chi connectivity index (χ0) is 14.9. The summed E-state index contributed by atoms with van der Waals surface area (Å²) >= 11 is 0. The third-order valence-electron chi connectivity index (χ3n) is 2.69. The maximum atomic E-state index is 10.9. The van der Waals surface area contributed by atoms with Gasteiger partial charge in [0, 0.05) is 11.6 Å². The Morgan fingerprint density at radius 2 is 2.00 bits per heavy atom. The number of ether oxygens (including phenoxy) is 1. The first-order chi connectivity index (χ1) is 9.38. The van der Waals surface area contributed by atoms with Crippen LogP contribution in [0.15, 0.2) is 28.7 Å². The Hall–Kier alpha value is -2.83. The molecule has 0 spiro atoms. The average molecular weight is 277 g/mol. The van der Waals surface area contributed by atoms with E-state index < -0.39 is 10.9 Å². The molecule has 0 fully saturated rings. The van der Waals surface area contributed by atoms with Gasteiger partial charge in [-0.15, -0.1) is 0 Å². The number of hydrogen-bond donors (Lipinski definition) is 1. The number of carboxylic acids is 1. The first kappa shape index (κ1) is 13.6. The minimum Gasteiger partial charge on any atom is -0.475 e. The summed E-state index contributed by atoms with van der Waals surface area (Å²) in [5.74, 6) is -1.28. The van der Waals surface area contributed by atoms with Crippen molar-refractivity contribution in [2.45, 2.75) is 13.8 Å². The number of nitro groups is 1. The molecule has 0 saturated heterocycles. The lowest BCUT2D eigenvalue weighted by molar-refractivity contribution is -0.385. The van der Waals surface area contributed by atoms with Gasteiger partial charge in [0.1, 0.15) is 5.75 Å². The van der Waals surface area contributed by atoms with Crippen LogP contribution >= 0.6 is 0 Å². The third kappa shape index (κ3) is 2.61. The summed E-state index contributed by atoms with van der Waals surface area (Å²) in [7, 11) is 0. The predicted molar refractivity (Wildman–Crippen MR) is 68.3 cm³/mol. The van der Waals surface area contributed by atoms with Crippen LogP contribution in [0.5, 0.6) is 11.7 Å². The summed E-state index contributed by atoms with van der Waals surface area (Å²) in [6.45, 7) is 3.36. The number of hydrogen-bond acceptors (Lipinski definition) is 5. The molecule has 0 bridgehead atoms. The minimum absolute atomic E-state index is 0.0383. The first-order valence-corrected chi connectivity index (χ1v) is 5.65. The molecule has 1 heterocycles. The third-order valence-corrected chi connectivity index (χ3v) is 2.69. The van der Waals surface area contributed by atoms with E-state index >= 15 is 0 Å². The molecule has 0 radical (unpaired) electrons. The van der Waals surface area contributed by atoms with Crippen molar-refractivity contribution in [3.63, 3.8) is 0 Å². The Morgan fingerprint density at radius 3 is 2.55 bits per heavy atom. The van der Waals surface area contributed by atoms with Crippen LogP contribution in [0.4, 0.5) is 5.69 Å². The molecule has 0 aliphatic rings. The van der Waals surface area contributed by atoms with Gasteiger partial charge in [-0.1, -0.05) is 0 Å². The highest BCUT2D eigenvalue weighted by Crippen LogP contribution is 2.32. The Morgan fingerprint density at radius 1 is 1.30 bits per heavy atom. The van der Waals surface area contributed by atoms with Crippen molar-refractivity contribution in [3.05, 3.63) is 51.3 Å². The highest BCUT2D eigenvalue weighted by Gasteiger charge is 2.16. The van der Waals surface area contributed by atoms with E-state index in [9.17, 15) is 14.9 Å². The van der Waals surface area contributed by atoms with E-state index in [1.54, 1.807) is 19.9 Å². The minimum atomic E-state index is -1.22. The second-order valence-electron chi connectivity index (χ2n) is 4.19. The standard InChI is InChI=1S/C13H11NO6/c1-7-5-8(2)11(6-9(7)14(17)18)20-12-4-3-10(19-12)13(15)16/h3-6H,1-2H3,(H,15,16). The number of carbonyl (C=O) groups is 1. The van der Waals surface area contributed by atoms with Crippen molar-refractivity contribution >= 4 is 11.7 Å². The van der Waals surface area contributed by atoms with Gasteiger partial charge in [0.15, 0.2) is 0 Å². The average Bonchev–Trinajstić information content (AvgIpc) is 2.80. The fourth-order valence-electron chi connectivity index (χ4n) is 1.73. The molecule has 0 atom stereocenters. The Labute approximate surface area is 113 Å². The zero-order valence-electron chi connectivity index (χ0n) is 10.7. The summed E-state index contributed by atoms with van der Waals surface area (Å²) in [6.07, 6.45) is 0. The second kappa shape index (κ2) is 5.04. The van der Waals surface area contributed by atoms with Gasteiger partial charge in [-0.25, -0.2) is 4.79 Å². The molecule has 1 aromatic carbocycles. The molecule has 20 heavy (non-hydrogen) atoms. The van der Waals surface area contributed by atoms with Crippen LogP contribution in [-0.2, 0) is 0 Å². The Bertz CT molecular complexity index is 688. The van der Waals surface area contributed by atoms with E-state index in [-0.39, 0.29) is 23.1 Å². The lowest BCUT2D eigenvalue weighted by Crippen LogP contribution is -1.95. The van der Waals surface area contributed by atoms with E-state index in [0.29, 0.717) is 11.1 Å². The molecule has 2 aromatic rings. The normalized spacial score (nSPS) is 10.3. The van der Waals surface area contributed by atoms with Crippen LogP contribution in [0.25, 0.3) is 0 Å². The molecule has 104 valence electrons. The molecule has 0 aliphatic heterocycles. The molecule has 7 heteroatoms. The first-order valence-electron chi connectivity index (χ1n) is 5.65. The molecular weight excluding hydrogens is 266 g/mol. The van der Waals surface area contributed by atoms with E-state index in [0.717, 1.165) is 0 Å². The summed E-state index contributed by atoms with van der Waals surface area (Å²) in [5, 5.41) is 19.6. The predicted octanol–water partition coefficient (Wildman–Crippen LogP) is 3.30. The molecule has 0 aliphatic carbocycles. The summed E-state index contributed by atoms with van der Waals surface area (Å²) in [5.41, 5.74) is 1.13. The van der Waals surface area contributed by atoms with E-state index in [2.05, 4.69) is 0 Å². The lowest BCUT2D eigenvalue weighted by atomic mass is 10.1. The van der Waals surface area contributed by atoms with Crippen LogP contribution in [0, 0.1) is 24.0 Å². The van der Waals surface area contributed by atoms with E-state index in [1.807, 2.05) is 0 Å². The van der Waals surface area contributed by atoms with Crippen LogP contribution in [0.2, 0.25) is 0 Å². The summed E-state index contributed by atoms with van der Waals surface area (Å²) in [6, 6.07) is 5.49. The SMILES string of the molecule is Cc1cc(C)c([N+](=O)[O-])cc1Oc1ccc(C(=O)O)o1. The Kier molecular flexibility index (Phi) is 3.43. The van der Waals surface area contributed by atoms with Crippen molar-refractivity contribution in [1.82, 2.24) is 0 Å². The summed E-state index contributed by atoms with van der Waals surface area (Å²) < 4.78 is 10.3. The van der Waals surface area contributed by atoms with Gasteiger partial charge in [0.2, 0.25) is 5.76 Å². The van der Waals surface area contributed by atoms with Crippen molar-refractivity contribution < 1.29 is 24.0 Å². The number of benzene rings is 1. The fraction of sp³-hybridized carbons (Fsp3) is 0.154. The smallest absolute Gasteiger partial charge is 0.371 e. The van der Waals surface area contributed by atoms with E-state index in [1.165, 1.54) is 18.2 Å². The molecule has 1 N–H and O–H groups in total. The number of rotatable bonds is 4. The largest absolute Gasteiger partial charge is 0.475 e. The second-order valence-corrected chi connectivity index (χ2v) is 4.19. The Balaban J connectivity index is 2.35. The van der Waals surface area contributed by atoms with Gasteiger partial charge < -0.3 is 14.3 Å². The number of carboxylic acid groups (broad SMARTS) is 1. The van der Waals surface area contributed by atoms with Gasteiger partial charge in [-0.2, -0.15) is 0 Å². The van der Waals surface area contributed by atoms with Crippen molar-refractivity contribution in [2.75, 3.05) is 0 Å². The summed E-state index contributed by atoms with van der Waals surface area (Å²) in [4.78, 5) is 21.1. The van der Waals surface area contributed by atoms with Gasteiger partial charge >= 0.3 is 5.97 Å².